The molecule has 18 heavy (non-hydrogen) atoms. The number of halogens is 2. The van der Waals surface area contributed by atoms with Crippen molar-refractivity contribution < 1.29 is 0 Å². The highest BCUT2D eigenvalue weighted by atomic mass is 79.9. The lowest BCUT2D eigenvalue weighted by molar-refractivity contribution is 1.68. The third kappa shape index (κ3) is 1.68. The molecule has 90 valence electrons. The standard InChI is InChI=1S/C14H10Br2N2/c15-7-1-3-9-10-4-2-8(16)6-12(10)14(18)13(17)11(9)5-7/h1-6H,17-18H2. The molecule has 4 heteroatoms. The first-order valence-corrected chi connectivity index (χ1v) is 7.02. The second-order valence-electron chi connectivity index (χ2n) is 4.21. The van der Waals surface area contributed by atoms with Gasteiger partial charge in [-0.05, 0) is 35.0 Å². The predicted molar refractivity (Wildman–Crippen MR) is 85.7 cm³/mol. The number of fused-ring (bicyclic) bond motifs is 3. The first kappa shape index (κ1) is 11.8. The minimum atomic E-state index is 0.636. The summed E-state index contributed by atoms with van der Waals surface area (Å²) in [6.45, 7) is 0. The Hall–Kier alpha value is -1.26. The Morgan fingerprint density at radius 1 is 0.611 bits per heavy atom. The third-order valence-electron chi connectivity index (χ3n) is 3.12. The molecule has 3 aromatic carbocycles. The maximum absolute atomic E-state index is 6.14. The van der Waals surface area contributed by atoms with Crippen molar-refractivity contribution in [3.8, 4) is 0 Å². The normalized spacial score (nSPS) is 11.2. The molecule has 0 fully saturated rings. The molecule has 0 heterocycles. The van der Waals surface area contributed by atoms with Crippen LogP contribution in [0.5, 0.6) is 0 Å². The lowest BCUT2D eigenvalue weighted by Gasteiger charge is -2.12. The number of nitrogen functional groups attached to an aromatic ring is 2. The summed E-state index contributed by atoms with van der Waals surface area (Å²) < 4.78 is 2.00. The Labute approximate surface area is 121 Å². The maximum Gasteiger partial charge on any atom is 0.0634 e. The SMILES string of the molecule is Nc1c(N)c2cc(Br)ccc2c2ccc(Br)cc12. The van der Waals surface area contributed by atoms with E-state index in [0.717, 1.165) is 30.5 Å². The average molecular weight is 366 g/mol. The monoisotopic (exact) mass is 364 g/mol. The summed E-state index contributed by atoms with van der Waals surface area (Å²) in [5, 5.41) is 4.20. The molecule has 3 aromatic rings. The zero-order valence-electron chi connectivity index (χ0n) is 9.37. The van der Waals surface area contributed by atoms with Crippen molar-refractivity contribution >= 4 is 64.8 Å². The highest BCUT2D eigenvalue weighted by Gasteiger charge is 2.10. The second-order valence-corrected chi connectivity index (χ2v) is 6.04. The van der Waals surface area contributed by atoms with Crippen LogP contribution in [-0.4, -0.2) is 0 Å². The van der Waals surface area contributed by atoms with E-state index in [1.54, 1.807) is 0 Å². The molecule has 0 bridgehead atoms. The van der Waals surface area contributed by atoms with Gasteiger partial charge in [0.25, 0.3) is 0 Å². The summed E-state index contributed by atoms with van der Waals surface area (Å²) >= 11 is 6.93. The molecule has 0 amide bonds. The molecule has 3 rings (SSSR count). The zero-order valence-corrected chi connectivity index (χ0v) is 12.5. The van der Waals surface area contributed by atoms with E-state index < -0.39 is 0 Å². The molecule has 0 aliphatic rings. The van der Waals surface area contributed by atoms with Gasteiger partial charge in [0, 0.05) is 19.7 Å². The fourth-order valence-corrected chi connectivity index (χ4v) is 2.96. The number of benzene rings is 3. The summed E-state index contributed by atoms with van der Waals surface area (Å²) in [4.78, 5) is 0. The van der Waals surface area contributed by atoms with E-state index in [0.29, 0.717) is 11.4 Å². The Bertz CT molecular complexity index is 715. The number of hydrogen-bond acceptors (Lipinski definition) is 2. The van der Waals surface area contributed by atoms with Gasteiger partial charge in [0.05, 0.1) is 11.4 Å². The van der Waals surface area contributed by atoms with Gasteiger partial charge in [-0.15, -0.1) is 0 Å². The van der Waals surface area contributed by atoms with Crippen LogP contribution in [0.2, 0.25) is 0 Å². The van der Waals surface area contributed by atoms with Crippen LogP contribution in [0.1, 0.15) is 0 Å². The Morgan fingerprint density at radius 3 is 1.39 bits per heavy atom. The minimum absolute atomic E-state index is 0.636. The van der Waals surface area contributed by atoms with Crippen molar-refractivity contribution in [2.75, 3.05) is 11.5 Å². The molecule has 0 unspecified atom stereocenters. The first-order valence-electron chi connectivity index (χ1n) is 5.43. The predicted octanol–water partition coefficient (Wildman–Crippen LogP) is 4.68. The van der Waals surface area contributed by atoms with Crippen molar-refractivity contribution in [3.63, 3.8) is 0 Å². The van der Waals surface area contributed by atoms with Gasteiger partial charge < -0.3 is 11.5 Å². The molecule has 0 aromatic heterocycles. The number of anilines is 2. The van der Waals surface area contributed by atoms with Crippen LogP contribution < -0.4 is 11.5 Å². The highest BCUT2D eigenvalue weighted by Crippen LogP contribution is 2.38. The van der Waals surface area contributed by atoms with Crippen LogP contribution in [0.25, 0.3) is 21.5 Å². The lowest BCUT2D eigenvalue weighted by atomic mass is 9.99. The Morgan fingerprint density at radius 2 is 1.00 bits per heavy atom. The summed E-state index contributed by atoms with van der Waals surface area (Å²) in [6.07, 6.45) is 0. The summed E-state index contributed by atoms with van der Waals surface area (Å²) in [5.74, 6) is 0. The van der Waals surface area contributed by atoms with Crippen molar-refractivity contribution in [3.05, 3.63) is 45.3 Å². The third-order valence-corrected chi connectivity index (χ3v) is 4.11. The van der Waals surface area contributed by atoms with Gasteiger partial charge in [-0.3, -0.25) is 0 Å². The molecule has 0 aliphatic carbocycles. The largest absolute Gasteiger partial charge is 0.397 e. The van der Waals surface area contributed by atoms with Crippen LogP contribution in [0.3, 0.4) is 0 Å². The van der Waals surface area contributed by atoms with E-state index in [-0.39, 0.29) is 0 Å². The fourth-order valence-electron chi connectivity index (χ4n) is 2.24. The van der Waals surface area contributed by atoms with Crippen molar-refractivity contribution in [1.29, 1.82) is 0 Å². The first-order chi connectivity index (χ1) is 8.58. The van der Waals surface area contributed by atoms with Crippen LogP contribution in [0.15, 0.2) is 45.3 Å². The molecular formula is C14H10Br2N2. The van der Waals surface area contributed by atoms with Gasteiger partial charge in [-0.2, -0.15) is 0 Å². The number of nitrogens with two attached hydrogens (primary N) is 2. The lowest BCUT2D eigenvalue weighted by Crippen LogP contribution is -1.97. The van der Waals surface area contributed by atoms with E-state index in [2.05, 4.69) is 44.0 Å². The molecule has 0 aliphatic heterocycles. The summed E-state index contributed by atoms with van der Waals surface area (Å²) in [5.41, 5.74) is 13.6. The molecule has 2 nitrogen and oxygen atoms in total. The van der Waals surface area contributed by atoms with Crippen LogP contribution in [0, 0.1) is 0 Å². The Balaban J connectivity index is 2.62. The zero-order chi connectivity index (χ0) is 12.9. The van der Waals surface area contributed by atoms with Gasteiger partial charge in [0.1, 0.15) is 0 Å². The fraction of sp³-hybridized carbons (Fsp3) is 0. The van der Waals surface area contributed by atoms with Gasteiger partial charge in [-0.1, -0.05) is 44.0 Å². The topological polar surface area (TPSA) is 52.0 Å². The molecule has 0 atom stereocenters. The van der Waals surface area contributed by atoms with E-state index in [4.69, 9.17) is 11.5 Å². The van der Waals surface area contributed by atoms with Gasteiger partial charge in [0.2, 0.25) is 0 Å². The highest BCUT2D eigenvalue weighted by molar-refractivity contribution is 9.10. The quantitative estimate of drug-likeness (QED) is 0.345. The van der Waals surface area contributed by atoms with Gasteiger partial charge >= 0.3 is 0 Å². The van der Waals surface area contributed by atoms with Crippen molar-refractivity contribution in [1.82, 2.24) is 0 Å². The number of rotatable bonds is 0. The molecule has 0 saturated heterocycles. The molecule has 0 saturated carbocycles. The van der Waals surface area contributed by atoms with Crippen molar-refractivity contribution in [2.45, 2.75) is 0 Å². The van der Waals surface area contributed by atoms with E-state index in [1.165, 1.54) is 0 Å². The van der Waals surface area contributed by atoms with Crippen LogP contribution in [0.4, 0.5) is 11.4 Å². The average Bonchev–Trinajstić information content (AvgIpc) is 2.36. The van der Waals surface area contributed by atoms with Crippen LogP contribution >= 0.6 is 31.9 Å². The molecule has 0 spiro atoms. The smallest absolute Gasteiger partial charge is 0.0634 e. The second kappa shape index (κ2) is 4.14. The van der Waals surface area contributed by atoms with E-state index >= 15 is 0 Å². The Kier molecular flexibility index (Phi) is 2.72. The minimum Gasteiger partial charge on any atom is -0.397 e. The molecule has 0 radical (unpaired) electrons. The van der Waals surface area contributed by atoms with Crippen molar-refractivity contribution in [2.24, 2.45) is 0 Å². The van der Waals surface area contributed by atoms with E-state index in [9.17, 15) is 0 Å². The van der Waals surface area contributed by atoms with Gasteiger partial charge in [0.15, 0.2) is 0 Å². The number of hydrogen-bond donors (Lipinski definition) is 2. The van der Waals surface area contributed by atoms with Gasteiger partial charge in [-0.25, -0.2) is 0 Å². The molecular weight excluding hydrogens is 356 g/mol. The maximum atomic E-state index is 6.14. The van der Waals surface area contributed by atoms with E-state index in [1.807, 2.05) is 24.3 Å². The molecule has 4 N–H and O–H groups in total. The van der Waals surface area contributed by atoms with Crippen LogP contribution in [-0.2, 0) is 0 Å². The summed E-state index contributed by atoms with van der Waals surface area (Å²) in [6, 6.07) is 12.2. The summed E-state index contributed by atoms with van der Waals surface area (Å²) in [7, 11) is 0.